The highest BCUT2D eigenvalue weighted by Gasteiger charge is 2.17. The van der Waals surface area contributed by atoms with Crippen molar-refractivity contribution in [3.63, 3.8) is 0 Å². The van der Waals surface area contributed by atoms with E-state index in [1.54, 1.807) is 7.11 Å². The molecular weight excluding hydrogens is 322 g/mol. The highest BCUT2D eigenvalue weighted by molar-refractivity contribution is 6.04. The number of nitrogens with zero attached hydrogens (tertiary/aromatic N) is 2. The number of hydrogen-bond donors (Lipinski definition) is 1. The molecule has 0 aromatic heterocycles. The fourth-order valence-corrected chi connectivity index (χ4v) is 2.83. The second kappa shape index (κ2) is 7.12. The number of nitro groups is 1. The lowest BCUT2D eigenvalue weighted by atomic mass is 9.90. The van der Waals surface area contributed by atoms with Crippen molar-refractivity contribution >= 4 is 17.3 Å². The van der Waals surface area contributed by atoms with Crippen LogP contribution in [0.2, 0.25) is 0 Å². The van der Waals surface area contributed by atoms with E-state index in [0.29, 0.717) is 0 Å². The molecular formula is C18H17N3O4. The summed E-state index contributed by atoms with van der Waals surface area (Å²) in [5.41, 5.74) is 5.49. The minimum atomic E-state index is -0.534. The molecule has 1 N–H and O–H groups in total. The summed E-state index contributed by atoms with van der Waals surface area (Å²) in [6.45, 7) is 0. The van der Waals surface area contributed by atoms with Crippen LogP contribution in [0.5, 0.6) is 5.75 Å². The van der Waals surface area contributed by atoms with Crippen molar-refractivity contribution in [1.82, 2.24) is 5.43 Å². The van der Waals surface area contributed by atoms with Crippen LogP contribution >= 0.6 is 0 Å². The zero-order chi connectivity index (χ0) is 17.8. The van der Waals surface area contributed by atoms with Gasteiger partial charge in [0.25, 0.3) is 11.6 Å². The first kappa shape index (κ1) is 16.6. The Morgan fingerprint density at radius 3 is 2.84 bits per heavy atom. The van der Waals surface area contributed by atoms with E-state index in [0.717, 1.165) is 41.9 Å². The number of aryl methyl sites for hydroxylation is 1. The van der Waals surface area contributed by atoms with Crippen molar-refractivity contribution < 1.29 is 14.5 Å². The maximum absolute atomic E-state index is 12.2. The first-order chi connectivity index (χ1) is 12.1. The van der Waals surface area contributed by atoms with Gasteiger partial charge in [-0.1, -0.05) is 6.07 Å². The highest BCUT2D eigenvalue weighted by Crippen LogP contribution is 2.25. The van der Waals surface area contributed by atoms with Gasteiger partial charge >= 0.3 is 0 Å². The highest BCUT2D eigenvalue weighted by atomic mass is 16.6. The number of fused-ring (bicyclic) bond motifs is 1. The largest absolute Gasteiger partial charge is 0.497 e. The topological polar surface area (TPSA) is 93.8 Å². The van der Waals surface area contributed by atoms with Crippen molar-refractivity contribution in [1.29, 1.82) is 0 Å². The molecule has 1 aliphatic rings. The van der Waals surface area contributed by atoms with Crippen molar-refractivity contribution in [2.45, 2.75) is 19.3 Å². The van der Waals surface area contributed by atoms with Crippen LogP contribution in [0, 0.1) is 10.1 Å². The Balaban J connectivity index is 1.80. The van der Waals surface area contributed by atoms with Gasteiger partial charge < -0.3 is 4.74 Å². The van der Waals surface area contributed by atoms with Crippen molar-refractivity contribution in [2.24, 2.45) is 5.10 Å². The third kappa shape index (κ3) is 3.65. The van der Waals surface area contributed by atoms with Crippen LogP contribution in [0.15, 0.2) is 47.6 Å². The third-order valence-corrected chi connectivity index (χ3v) is 4.09. The molecule has 0 spiro atoms. The molecule has 128 valence electrons. The molecule has 0 aliphatic heterocycles. The van der Waals surface area contributed by atoms with E-state index >= 15 is 0 Å². The van der Waals surface area contributed by atoms with Gasteiger partial charge in [0.05, 0.1) is 17.7 Å². The lowest BCUT2D eigenvalue weighted by Gasteiger charge is -2.18. The Labute approximate surface area is 144 Å². The predicted molar refractivity (Wildman–Crippen MR) is 93.0 cm³/mol. The monoisotopic (exact) mass is 339 g/mol. The molecule has 0 saturated heterocycles. The number of amides is 1. The van der Waals surface area contributed by atoms with Crippen molar-refractivity contribution in [3.05, 3.63) is 69.3 Å². The summed E-state index contributed by atoms with van der Waals surface area (Å²) in [4.78, 5) is 22.5. The zero-order valence-electron chi connectivity index (χ0n) is 13.7. The van der Waals surface area contributed by atoms with Crippen LogP contribution in [0.3, 0.4) is 0 Å². The Bertz CT molecular complexity index is 861. The van der Waals surface area contributed by atoms with Gasteiger partial charge in [-0.25, -0.2) is 5.43 Å². The number of carbonyl (C=O) groups is 1. The Morgan fingerprint density at radius 2 is 2.08 bits per heavy atom. The molecule has 2 aromatic carbocycles. The molecule has 3 rings (SSSR count). The molecule has 0 atom stereocenters. The summed E-state index contributed by atoms with van der Waals surface area (Å²) in [5, 5.41) is 15.0. The number of rotatable bonds is 4. The summed E-state index contributed by atoms with van der Waals surface area (Å²) < 4.78 is 5.24. The Kier molecular flexibility index (Phi) is 4.74. The SMILES string of the molecule is COc1ccc2c(c1)CCCC2=NNC(=O)c1cccc([N+](=O)[O-])c1. The van der Waals surface area contributed by atoms with Gasteiger partial charge in [0, 0.05) is 23.3 Å². The van der Waals surface area contributed by atoms with Gasteiger partial charge in [0.1, 0.15) is 5.75 Å². The zero-order valence-corrected chi connectivity index (χ0v) is 13.7. The molecule has 0 unspecified atom stereocenters. The van der Waals surface area contributed by atoms with Gasteiger partial charge in [-0.05, 0) is 49.1 Å². The van der Waals surface area contributed by atoms with Gasteiger partial charge in [-0.3, -0.25) is 14.9 Å². The minimum absolute atomic E-state index is 0.129. The van der Waals surface area contributed by atoms with E-state index in [9.17, 15) is 14.9 Å². The second-order valence-electron chi connectivity index (χ2n) is 5.68. The molecule has 7 heteroatoms. The normalized spacial score (nSPS) is 14.7. The minimum Gasteiger partial charge on any atom is -0.497 e. The van der Waals surface area contributed by atoms with Gasteiger partial charge in [0.15, 0.2) is 0 Å². The summed E-state index contributed by atoms with van der Waals surface area (Å²) >= 11 is 0. The fraction of sp³-hybridized carbons (Fsp3) is 0.222. The average Bonchev–Trinajstić information content (AvgIpc) is 2.65. The molecule has 0 radical (unpaired) electrons. The first-order valence-electron chi connectivity index (χ1n) is 7.87. The van der Waals surface area contributed by atoms with Gasteiger partial charge in [-0.2, -0.15) is 5.10 Å². The Hall–Kier alpha value is -3.22. The average molecular weight is 339 g/mol. The quantitative estimate of drug-likeness (QED) is 0.684. The third-order valence-electron chi connectivity index (χ3n) is 4.09. The van der Waals surface area contributed by atoms with Crippen LogP contribution in [0.1, 0.15) is 34.3 Å². The molecule has 7 nitrogen and oxygen atoms in total. The van der Waals surface area contributed by atoms with E-state index in [-0.39, 0.29) is 11.3 Å². The number of ether oxygens (including phenoxy) is 1. The fourth-order valence-electron chi connectivity index (χ4n) is 2.83. The number of benzene rings is 2. The standard InChI is InChI=1S/C18H17N3O4/c1-25-15-8-9-16-12(11-15)4-3-7-17(16)19-20-18(22)13-5-2-6-14(10-13)21(23)24/h2,5-6,8-11H,3-4,7H2,1H3,(H,20,22). The molecule has 1 amide bonds. The van der Waals surface area contributed by atoms with E-state index in [1.807, 2.05) is 18.2 Å². The van der Waals surface area contributed by atoms with E-state index in [1.165, 1.54) is 24.3 Å². The van der Waals surface area contributed by atoms with Crippen molar-refractivity contribution in [2.75, 3.05) is 7.11 Å². The number of non-ortho nitro benzene ring substituents is 1. The van der Waals surface area contributed by atoms with Crippen LogP contribution in [0.25, 0.3) is 0 Å². The van der Waals surface area contributed by atoms with Gasteiger partial charge in [0.2, 0.25) is 0 Å². The van der Waals surface area contributed by atoms with Crippen LogP contribution in [-0.2, 0) is 6.42 Å². The summed E-state index contributed by atoms with van der Waals surface area (Å²) in [6, 6.07) is 11.3. The maximum Gasteiger partial charge on any atom is 0.271 e. The molecule has 0 heterocycles. The Morgan fingerprint density at radius 1 is 1.24 bits per heavy atom. The molecule has 0 saturated carbocycles. The second-order valence-corrected chi connectivity index (χ2v) is 5.68. The number of hydrogen-bond acceptors (Lipinski definition) is 5. The van der Waals surface area contributed by atoms with Crippen LogP contribution in [-0.4, -0.2) is 23.7 Å². The van der Waals surface area contributed by atoms with Crippen LogP contribution in [0.4, 0.5) is 5.69 Å². The number of methoxy groups -OCH3 is 1. The number of carbonyl (C=O) groups excluding carboxylic acids is 1. The van der Waals surface area contributed by atoms with Gasteiger partial charge in [-0.15, -0.1) is 0 Å². The smallest absolute Gasteiger partial charge is 0.271 e. The van der Waals surface area contributed by atoms with E-state index in [2.05, 4.69) is 10.5 Å². The molecule has 2 aromatic rings. The molecule has 25 heavy (non-hydrogen) atoms. The summed E-state index contributed by atoms with van der Waals surface area (Å²) in [5.74, 6) is 0.317. The summed E-state index contributed by atoms with van der Waals surface area (Å²) in [7, 11) is 1.62. The maximum atomic E-state index is 12.2. The number of nitro benzene ring substituents is 1. The summed E-state index contributed by atoms with van der Waals surface area (Å²) in [6.07, 6.45) is 2.63. The molecule has 0 fully saturated rings. The lowest BCUT2D eigenvalue weighted by molar-refractivity contribution is -0.384. The van der Waals surface area contributed by atoms with E-state index in [4.69, 9.17) is 4.74 Å². The van der Waals surface area contributed by atoms with Crippen LogP contribution < -0.4 is 10.2 Å². The predicted octanol–water partition coefficient (Wildman–Crippen LogP) is 3.07. The first-order valence-corrected chi connectivity index (χ1v) is 7.87. The molecule has 1 aliphatic carbocycles. The molecule has 0 bridgehead atoms. The van der Waals surface area contributed by atoms with E-state index < -0.39 is 10.8 Å². The lowest BCUT2D eigenvalue weighted by Crippen LogP contribution is -2.22. The number of nitrogens with one attached hydrogen (secondary N) is 1. The van der Waals surface area contributed by atoms with Crippen molar-refractivity contribution in [3.8, 4) is 5.75 Å². The number of hydrazone groups is 1.